The van der Waals surface area contributed by atoms with Crippen molar-refractivity contribution in [2.75, 3.05) is 5.32 Å². The molecule has 0 aliphatic rings. The number of amides is 1. The number of anilines is 1. The fourth-order valence-electron chi connectivity index (χ4n) is 3.14. The fourth-order valence-corrected chi connectivity index (χ4v) is 3.14. The van der Waals surface area contributed by atoms with Gasteiger partial charge in [0, 0.05) is 12.6 Å². The Hall–Kier alpha value is -3.95. The minimum atomic E-state index is -0.608. The van der Waals surface area contributed by atoms with E-state index >= 15 is 0 Å². The summed E-state index contributed by atoms with van der Waals surface area (Å²) in [5, 5.41) is 10.6. The maximum atomic E-state index is 12.2. The molecule has 0 radical (unpaired) electrons. The first-order valence-corrected chi connectivity index (χ1v) is 10.5. The van der Waals surface area contributed by atoms with Gasteiger partial charge in [0.15, 0.2) is 12.3 Å². The average Bonchev–Trinajstić information content (AvgIpc) is 3.10. The van der Waals surface area contributed by atoms with Crippen LogP contribution in [0.1, 0.15) is 50.7 Å². The van der Waals surface area contributed by atoms with E-state index in [9.17, 15) is 9.59 Å². The topological polar surface area (TPSA) is 121 Å². The van der Waals surface area contributed by atoms with Crippen LogP contribution in [0.15, 0.2) is 63.0 Å². The summed E-state index contributed by atoms with van der Waals surface area (Å²) in [7, 11) is 1.53. The van der Waals surface area contributed by atoms with Crippen molar-refractivity contribution in [3.8, 4) is 0 Å². The maximum Gasteiger partial charge on any atom is 0.441 e. The lowest BCUT2D eigenvalue weighted by Gasteiger charge is -2.24. The summed E-state index contributed by atoms with van der Waals surface area (Å²) in [6.45, 7) is 5.78. The molecule has 0 bridgehead atoms. The average molecular weight is 453 g/mol. The number of carbonyl (C=O) groups excluding carboxylic acids is 1. The first-order chi connectivity index (χ1) is 15.8. The van der Waals surface area contributed by atoms with E-state index in [1.165, 1.54) is 11.6 Å². The molecule has 0 atom stereocenters. The normalized spacial score (nSPS) is 11.8. The van der Waals surface area contributed by atoms with Crippen LogP contribution < -0.4 is 11.1 Å². The van der Waals surface area contributed by atoms with Crippen molar-refractivity contribution in [3.05, 3.63) is 76.2 Å². The van der Waals surface area contributed by atoms with Crippen molar-refractivity contribution in [2.45, 2.75) is 45.8 Å². The van der Waals surface area contributed by atoms with Crippen LogP contribution in [0.25, 0.3) is 0 Å². The minimum absolute atomic E-state index is 0.0219. The number of nitrogens with zero attached hydrogens (tertiary/aromatic N) is 4. The van der Waals surface area contributed by atoms with E-state index in [4.69, 9.17) is 14.1 Å². The van der Waals surface area contributed by atoms with E-state index in [1.54, 1.807) is 18.2 Å². The number of aromatic nitrogens is 3. The molecule has 0 fully saturated rings. The largest absolute Gasteiger partial charge is 0.443 e. The van der Waals surface area contributed by atoms with Crippen molar-refractivity contribution in [3.63, 3.8) is 0 Å². The maximum absolute atomic E-state index is 12.2. The minimum Gasteiger partial charge on any atom is -0.443 e. The van der Waals surface area contributed by atoms with Gasteiger partial charge in [0.2, 0.25) is 5.82 Å². The van der Waals surface area contributed by atoms with E-state index in [0.717, 1.165) is 12.8 Å². The summed E-state index contributed by atoms with van der Waals surface area (Å²) in [5.41, 5.74) is 0.997. The number of oxime groups is 1. The number of pyridine rings is 1. The Balaban J connectivity index is 1.71. The molecule has 1 N–H and O–H groups in total. The van der Waals surface area contributed by atoms with Gasteiger partial charge >= 0.3 is 11.8 Å². The quantitative estimate of drug-likeness (QED) is 0.386. The first kappa shape index (κ1) is 23.7. The number of ether oxygens (including phenoxy) is 1. The Morgan fingerprint density at radius 2 is 1.94 bits per heavy atom. The smallest absolute Gasteiger partial charge is 0.441 e. The van der Waals surface area contributed by atoms with Crippen LogP contribution in [0.2, 0.25) is 0 Å². The van der Waals surface area contributed by atoms with E-state index in [-0.39, 0.29) is 12.4 Å². The van der Waals surface area contributed by atoms with Crippen LogP contribution in [-0.2, 0) is 23.2 Å². The lowest BCUT2D eigenvalue weighted by molar-refractivity contribution is 0.0418. The molecule has 2 heterocycles. The third kappa shape index (κ3) is 6.52. The van der Waals surface area contributed by atoms with Crippen LogP contribution >= 0.6 is 0 Å². The van der Waals surface area contributed by atoms with Gasteiger partial charge in [-0.15, -0.1) is 0 Å². The molecule has 10 heteroatoms. The monoisotopic (exact) mass is 453 g/mol. The third-order valence-electron chi connectivity index (χ3n) is 4.69. The molecule has 0 saturated carbocycles. The van der Waals surface area contributed by atoms with Gasteiger partial charge in [-0.1, -0.05) is 60.1 Å². The Morgan fingerprint density at radius 1 is 1.18 bits per heavy atom. The van der Waals surface area contributed by atoms with Crippen molar-refractivity contribution in [2.24, 2.45) is 12.2 Å². The zero-order chi connectivity index (χ0) is 23.8. The summed E-state index contributed by atoms with van der Waals surface area (Å²) in [4.78, 5) is 33.8. The summed E-state index contributed by atoms with van der Waals surface area (Å²) in [6.07, 6.45) is 1.08. The molecule has 33 heavy (non-hydrogen) atoms. The van der Waals surface area contributed by atoms with Gasteiger partial charge in [-0.25, -0.2) is 14.6 Å². The first-order valence-electron chi connectivity index (χ1n) is 10.5. The molecule has 3 aromatic rings. The molecule has 2 aromatic heterocycles. The summed E-state index contributed by atoms with van der Waals surface area (Å²) < 4.78 is 11.4. The van der Waals surface area contributed by atoms with E-state index < -0.39 is 17.5 Å². The highest BCUT2D eigenvalue weighted by atomic mass is 16.6. The molecule has 10 nitrogen and oxygen atoms in total. The van der Waals surface area contributed by atoms with Crippen LogP contribution in [0, 0.1) is 0 Å². The van der Waals surface area contributed by atoms with E-state index in [2.05, 4.69) is 20.6 Å². The molecule has 0 aliphatic carbocycles. The van der Waals surface area contributed by atoms with Gasteiger partial charge in [0.05, 0.1) is 5.69 Å². The number of carbonyl (C=O) groups is 1. The second kappa shape index (κ2) is 10.6. The van der Waals surface area contributed by atoms with Crippen molar-refractivity contribution in [1.29, 1.82) is 0 Å². The highest BCUT2D eigenvalue weighted by Gasteiger charge is 2.22. The Bertz CT molecular complexity index is 1170. The van der Waals surface area contributed by atoms with Crippen LogP contribution in [0.4, 0.5) is 10.6 Å². The highest BCUT2D eigenvalue weighted by molar-refractivity contribution is 6.10. The van der Waals surface area contributed by atoms with Crippen LogP contribution in [-0.4, -0.2) is 32.1 Å². The number of benzene rings is 1. The zero-order valence-electron chi connectivity index (χ0n) is 19.1. The Labute approximate surface area is 191 Å². The predicted octanol–water partition coefficient (Wildman–Crippen LogP) is 3.86. The van der Waals surface area contributed by atoms with Gasteiger partial charge in [0.1, 0.15) is 11.4 Å². The molecule has 1 aromatic carbocycles. The van der Waals surface area contributed by atoms with Gasteiger partial charge in [0.25, 0.3) is 0 Å². The number of hydrogen-bond donors (Lipinski definition) is 1. The standard InChI is InChI=1S/C23H27N5O5/c1-5-14-23(2,3)32-21(29)25-18-13-9-12-17(24-18)15-31-26-19(16-10-7-6-8-11-16)20-27-33-22(30)28(20)4/h6-13H,5,14-15H2,1-4H3,(H,24,25,29)/b26-19+. The number of nitrogens with one attached hydrogen (secondary N) is 1. The lowest BCUT2D eigenvalue weighted by Crippen LogP contribution is -2.30. The van der Waals surface area contributed by atoms with Gasteiger partial charge in [-0.05, 0) is 32.4 Å². The zero-order valence-corrected chi connectivity index (χ0v) is 19.1. The molecule has 3 rings (SSSR count). The van der Waals surface area contributed by atoms with Gasteiger partial charge in [-0.2, -0.15) is 0 Å². The molecular formula is C23H27N5O5. The fraction of sp³-hybridized carbons (Fsp3) is 0.348. The van der Waals surface area contributed by atoms with E-state index in [1.807, 2.05) is 51.1 Å². The van der Waals surface area contributed by atoms with Crippen molar-refractivity contribution in [1.82, 2.24) is 14.7 Å². The summed E-state index contributed by atoms with van der Waals surface area (Å²) in [6, 6.07) is 14.3. The van der Waals surface area contributed by atoms with Crippen LogP contribution in [0.5, 0.6) is 0 Å². The molecule has 174 valence electrons. The highest BCUT2D eigenvalue weighted by Crippen LogP contribution is 2.18. The lowest BCUT2D eigenvalue weighted by atomic mass is 10.0. The molecule has 1 amide bonds. The molecule has 0 aliphatic heterocycles. The van der Waals surface area contributed by atoms with Gasteiger partial charge in [-0.3, -0.25) is 14.4 Å². The third-order valence-corrected chi connectivity index (χ3v) is 4.69. The predicted molar refractivity (Wildman–Crippen MR) is 122 cm³/mol. The summed E-state index contributed by atoms with van der Waals surface area (Å²) in [5.74, 6) is -0.0466. The SMILES string of the molecule is CCCC(C)(C)OC(=O)Nc1cccc(CO/N=C(\c2ccccc2)c2noc(=O)n2C)n1. The van der Waals surface area contributed by atoms with Crippen LogP contribution in [0.3, 0.4) is 0 Å². The molecule has 0 saturated heterocycles. The molecular weight excluding hydrogens is 426 g/mol. The number of hydrogen-bond acceptors (Lipinski definition) is 8. The number of rotatable bonds is 9. The van der Waals surface area contributed by atoms with E-state index in [0.29, 0.717) is 22.8 Å². The molecule has 0 unspecified atom stereocenters. The van der Waals surface area contributed by atoms with Gasteiger partial charge < -0.3 is 9.57 Å². The Kier molecular flexibility index (Phi) is 7.60. The second-order valence-electron chi connectivity index (χ2n) is 7.95. The van der Waals surface area contributed by atoms with Crippen molar-refractivity contribution >= 4 is 17.6 Å². The Morgan fingerprint density at radius 3 is 2.61 bits per heavy atom. The summed E-state index contributed by atoms with van der Waals surface area (Å²) >= 11 is 0. The van der Waals surface area contributed by atoms with Crippen molar-refractivity contribution < 1.29 is 18.9 Å². The molecule has 0 spiro atoms. The second-order valence-corrected chi connectivity index (χ2v) is 7.95.